The lowest BCUT2D eigenvalue weighted by atomic mass is 10.1. The Bertz CT molecular complexity index is 896. The van der Waals surface area contributed by atoms with Gasteiger partial charge in [0.1, 0.15) is 0 Å². The molecule has 0 aliphatic carbocycles. The van der Waals surface area contributed by atoms with Crippen molar-refractivity contribution in [2.75, 3.05) is 18.4 Å². The van der Waals surface area contributed by atoms with Crippen LogP contribution < -0.4 is 5.32 Å². The van der Waals surface area contributed by atoms with Crippen molar-refractivity contribution in [3.8, 4) is 0 Å². The fourth-order valence-electron chi connectivity index (χ4n) is 2.96. The van der Waals surface area contributed by atoms with Crippen molar-refractivity contribution < 1.29 is 13.2 Å². The summed E-state index contributed by atoms with van der Waals surface area (Å²) < 4.78 is 26.8. The van der Waals surface area contributed by atoms with Crippen molar-refractivity contribution >= 4 is 21.6 Å². The molecule has 1 N–H and O–H groups in total. The molecule has 0 spiro atoms. The van der Waals surface area contributed by atoms with E-state index in [1.165, 1.54) is 10.4 Å². The van der Waals surface area contributed by atoms with Crippen LogP contribution in [-0.2, 0) is 10.0 Å². The Morgan fingerprint density at radius 3 is 2.08 bits per heavy atom. The number of carbonyl (C=O) groups is 1. The highest BCUT2D eigenvalue weighted by Gasteiger charge is 2.23. The van der Waals surface area contributed by atoms with Gasteiger partial charge in [-0.3, -0.25) is 4.79 Å². The molecule has 0 bridgehead atoms. The molecule has 2 aromatic carbocycles. The molecule has 6 heteroatoms. The normalized spacial score (nSPS) is 11.6. The van der Waals surface area contributed by atoms with Gasteiger partial charge in [0, 0.05) is 24.3 Å². The van der Waals surface area contributed by atoms with Crippen molar-refractivity contribution in [2.45, 2.75) is 39.5 Å². The Morgan fingerprint density at radius 1 is 0.962 bits per heavy atom. The van der Waals surface area contributed by atoms with Crippen LogP contribution in [0.4, 0.5) is 5.69 Å². The Hall–Kier alpha value is -2.18. The van der Waals surface area contributed by atoms with E-state index in [4.69, 9.17) is 0 Å². The van der Waals surface area contributed by atoms with Crippen molar-refractivity contribution in [1.82, 2.24) is 4.31 Å². The third kappa shape index (κ3) is 4.31. The molecule has 26 heavy (non-hydrogen) atoms. The van der Waals surface area contributed by atoms with Gasteiger partial charge in [-0.1, -0.05) is 26.0 Å². The highest BCUT2D eigenvalue weighted by atomic mass is 32.2. The first-order valence-corrected chi connectivity index (χ1v) is 10.1. The van der Waals surface area contributed by atoms with E-state index in [-0.39, 0.29) is 10.8 Å². The Balaban J connectivity index is 2.39. The predicted molar refractivity (Wildman–Crippen MR) is 105 cm³/mol. The van der Waals surface area contributed by atoms with Gasteiger partial charge in [-0.25, -0.2) is 8.42 Å². The summed E-state index contributed by atoms with van der Waals surface area (Å²) in [4.78, 5) is 12.9. The average molecular weight is 375 g/mol. The highest BCUT2D eigenvalue weighted by molar-refractivity contribution is 7.89. The molecule has 0 heterocycles. The second kappa shape index (κ2) is 8.01. The molecule has 0 radical (unpaired) electrons. The summed E-state index contributed by atoms with van der Waals surface area (Å²) in [6.45, 7) is 10.1. The molecule has 2 rings (SSSR count). The second-order valence-electron chi connectivity index (χ2n) is 6.40. The molecule has 0 fully saturated rings. The Labute approximate surface area is 156 Å². The summed E-state index contributed by atoms with van der Waals surface area (Å²) in [5, 5.41) is 2.87. The molecule has 0 unspecified atom stereocenters. The van der Waals surface area contributed by atoms with Gasteiger partial charge in [0.2, 0.25) is 10.0 Å². The van der Waals surface area contributed by atoms with Crippen LogP contribution in [0.5, 0.6) is 0 Å². The summed E-state index contributed by atoms with van der Waals surface area (Å²) >= 11 is 0. The number of nitrogens with one attached hydrogen (secondary N) is 1. The van der Waals surface area contributed by atoms with E-state index < -0.39 is 10.0 Å². The van der Waals surface area contributed by atoms with Crippen molar-refractivity contribution in [3.05, 3.63) is 58.7 Å². The van der Waals surface area contributed by atoms with Crippen molar-refractivity contribution in [2.24, 2.45) is 0 Å². The number of hydrogen-bond donors (Lipinski definition) is 1. The average Bonchev–Trinajstić information content (AvgIpc) is 2.54. The van der Waals surface area contributed by atoms with Gasteiger partial charge in [-0.2, -0.15) is 4.31 Å². The van der Waals surface area contributed by atoms with E-state index in [2.05, 4.69) is 5.32 Å². The standard InChI is InChI=1S/C20H26N2O3S/c1-6-22(7-2)26(24,25)18-9-8-16(5)19(13-18)20(23)21-17-11-14(3)10-15(4)12-17/h8-13H,6-7H2,1-5H3,(H,21,23). The molecule has 0 atom stereocenters. The molecule has 0 aliphatic rings. The SMILES string of the molecule is CCN(CC)S(=O)(=O)c1ccc(C)c(C(=O)Nc2cc(C)cc(C)c2)c1. The van der Waals surface area contributed by atoms with Crippen LogP contribution in [0.1, 0.15) is 40.9 Å². The van der Waals surface area contributed by atoms with Gasteiger partial charge >= 0.3 is 0 Å². The zero-order valence-corrected chi connectivity index (χ0v) is 16.8. The van der Waals surface area contributed by atoms with Crippen LogP contribution in [0, 0.1) is 20.8 Å². The quantitative estimate of drug-likeness (QED) is 0.834. The van der Waals surface area contributed by atoms with Crippen LogP contribution in [0.2, 0.25) is 0 Å². The Kier molecular flexibility index (Phi) is 6.21. The third-order valence-corrected chi connectivity index (χ3v) is 6.32. The number of anilines is 1. The van der Waals surface area contributed by atoms with E-state index in [0.717, 1.165) is 16.7 Å². The third-order valence-electron chi connectivity index (χ3n) is 4.28. The molecular weight excluding hydrogens is 348 g/mol. The second-order valence-corrected chi connectivity index (χ2v) is 8.33. The number of nitrogens with zero attached hydrogens (tertiary/aromatic N) is 1. The molecule has 0 saturated heterocycles. The van der Waals surface area contributed by atoms with E-state index in [1.807, 2.05) is 32.0 Å². The monoisotopic (exact) mass is 374 g/mol. The number of sulfonamides is 1. The number of amides is 1. The van der Waals surface area contributed by atoms with Gasteiger partial charge in [0.25, 0.3) is 5.91 Å². The van der Waals surface area contributed by atoms with E-state index in [1.54, 1.807) is 32.9 Å². The van der Waals surface area contributed by atoms with Crippen molar-refractivity contribution in [3.63, 3.8) is 0 Å². The smallest absolute Gasteiger partial charge is 0.255 e. The zero-order chi connectivity index (χ0) is 19.5. The maximum Gasteiger partial charge on any atom is 0.255 e. The Morgan fingerprint density at radius 2 is 1.54 bits per heavy atom. The van der Waals surface area contributed by atoms with E-state index in [9.17, 15) is 13.2 Å². The molecule has 2 aromatic rings. The minimum absolute atomic E-state index is 0.136. The molecule has 1 amide bonds. The first-order valence-electron chi connectivity index (χ1n) is 8.69. The van der Waals surface area contributed by atoms with Gasteiger partial charge in [0.05, 0.1) is 4.90 Å². The van der Waals surface area contributed by atoms with Crippen LogP contribution in [-0.4, -0.2) is 31.7 Å². The topological polar surface area (TPSA) is 66.5 Å². The summed E-state index contributed by atoms with van der Waals surface area (Å²) in [6.07, 6.45) is 0. The maximum absolute atomic E-state index is 12.7. The lowest BCUT2D eigenvalue weighted by Gasteiger charge is -2.19. The van der Waals surface area contributed by atoms with Gasteiger partial charge in [-0.15, -0.1) is 0 Å². The number of benzene rings is 2. The largest absolute Gasteiger partial charge is 0.322 e. The molecule has 0 saturated carbocycles. The van der Waals surface area contributed by atoms with Crippen molar-refractivity contribution in [1.29, 1.82) is 0 Å². The lowest BCUT2D eigenvalue weighted by Crippen LogP contribution is -2.30. The molecular formula is C20H26N2O3S. The fourth-order valence-corrected chi connectivity index (χ4v) is 4.45. The van der Waals surface area contributed by atoms with Gasteiger partial charge in [-0.05, 0) is 61.7 Å². The summed E-state index contributed by atoms with van der Waals surface area (Å²) in [7, 11) is -3.61. The number of hydrogen-bond acceptors (Lipinski definition) is 3. The fraction of sp³-hybridized carbons (Fsp3) is 0.350. The number of carbonyl (C=O) groups excluding carboxylic acids is 1. The minimum atomic E-state index is -3.61. The molecule has 0 aliphatic heterocycles. The zero-order valence-electron chi connectivity index (χ0n) is 16.0. The van der Waals surface area contributed by atoms with Crippen LogP contribution in [0.25, 0.3) is 0 Å². The maximum atomic E-state index is 12.7. The molecule has 0 aromatic heterocycles. The molecule has 140 valence electrons. The predicted octanol–water partition coefficient (Wildman–Crippen LogP) is 3.89. The minimum Gasteiger partial charge on any atom is -0.322 e. The number of rotatable bonds is 6. The number of aryl methyl sites for hydroxylation is 3. The first kappa shape index (κ1) is 20.1. The highest BCUT2D eigenvalue weighted by Crippen LogP contribution is 2.21. The molecule has 5 nitrogen and oxygen atoms in total. The van der Waals surface area contributed by atoms with Gasteiger partial charge < -0.3 is 5.32 Å². The lowest BCUT2D eigenvalue weighted by molar-refractivity contribution is 0.102. The van der Waals surface area contributed by atoms with E-state index in [0.29, 0.717) is 24.3 Å². The first-order chi connectivity index (χ1) is 12.2. The van der Waals surface area contributed by atoms with Crippen LogP contribution >= 0.6 is 0 Å². The van der Waals surface area contributed by atoms with E-state index >= 15 is 0 Å². The summed E-state index contributed by atoms with van der Waals surface area (Å²) in [6, 6.07) is 10.5. The summed E-state index contributed by atoms with van der Waals surface area (Å²) in [5.74, 6) is -0.316. The summed E-state index contributed by atoms with van der Waals surface area (Å²) in [5.41, 5.74) is 3.89. The van der Waals surface area contributed by atoms with Gasteiger partial charge in [0.15, 0.2) is 0 Å². The van der Waals surface area contributed by atoms with Crippen LogP contribution in [0.15, 0.2) is 41.3 Å². The van der Waals surface area contributed by atoms with Crippen LogP contribution in [0.3, 0.4) is 0 Å².